The normalized spacial score (nSPS) is 11.1. The van der Waals surface area contributed by atoms with Crippen LogP contribution in [0.3, 0.4) is 0 Å². The summed E-state index contributed by atoms with van der Waals surface area (Å²) in [5.74, 6) is -0.973. The van der Waals surface area contributed by atoms with E-state index in [1.54, 1.807) is 43.8 Å². The van der Waals surface area contributed by atoms with E-state index in [1.165, 1.54) is 12.3 Å². The van der Waals surface area contributed by atoms with Gasteiger partial charge >= 0.3 is 12.1 Å². The van der Waals surface area contributed by atoms with Crippen LogP contribution in [0.15, 0.2) is 36.7 Å². The summed E-state index contributed by atoms with van der Waals surface area (Å²) in [4.78, 5) is 22.6. The van der Waals surface area contributed by atoms with Gasteiger partial charge in [0, 0.05) is 6.20 Å². The minimum absolute atomic E-state index is 0.224. The SMILES string of the molecule is CC(C)(C)OC(=O)Nc1cnn(Cc2cccc(C(=O)O)c2)c1. The number of carboxylic acid groups (broad SMARTS) is 1. The van der Waals surface area contributed by atoms with Gasteiger partial charge in [0.2, 0.25) is 0 Å². The van der Waals surface area contributed by atoms with Crippen LogP contribution in [0.1, 0.15) is 36.7 Å². The van der Waals surface area contributed by atoms with Gasteiger partial charge in [0.1, 0.15) is 5.60 Å². The Labute approximate surface area is 133 Å². The lowest BCUT2D eigenvalue weighted by atomic mass is 10.1. The van der Waals surface area contributed by atoms with E-state index in [9.17, 15) is 9.59 Å². The van der Waals surface area contributed by atoms with Crippen molar-refractivity contribution in [1.29, 1.82) is 0 Å². The van der Waals surface area contributed by atoms with Gasteiger partial charge in [-0.15, -0.1) is 0 Å². The number of carbonyl (C=O) groups excluding carboxylic acids is 1. The monoisotopic (exact) mass is 317 g/mol. The molecule has 0 atom stereocenters. The van der Waals surface area contributed by atoms with Gasteiger partial charge in [-0.2, -0.15) is 5.10 Å². The van der Waals surface area contributed by atoms with Crippen molar-refractivity contribution in [1.82, 2.24) is 9.78 Å². The standard InChI is InChI=1S/C16H19N3O4/c1-16(2,3)23-15(22)18-13-8-17-19(10-13)9-11-5-4-6-12(7-11)14(20)21/h4-8,10H,9H2,1-3H3,(H,18,22)(H,20,21). The zero-order chi connectivity index (χ0) is 17.0. The molecule has 0 fully saturated rings. The lowest BCUT2D eigenvalue weighted by molar-refractivity contribution is 0.0634. The van der Waals surface area contributed by atoms with Crippen LogP contribution >= 0.6 is 0 Å². The van der Waals surface area contributed by atoms with Gasteiger partial charge in [0.05, 0.1) is 24.0 Å². The third-order valence-corrected chi connectivity index (χ3v) is 2.80. The van der Waals surface area contributed by atoms with Crippen LogP contribution < -0.4 is 5.32 Å². The van der Waals surface area contributed by atoms with Crippen LogP contribution in [0, 0.1) is 0 Å². The maximum atomic E-state index is 11.7. The van der Waals surface area contributed by atoms with Crippen LogP contribution in [0.2, 0.25) is 0 Å². The minimum atomic E-state index is -0.973. The molecule has 2 aromatic rings. The predicted octanol–water partition coefficient (Wildman–Crippen LogP) is 2.98. The number of rotatable bonds is 4. The summed E-state index contributed by atoms with van der Waals surface area (Å²) in [6.45, 7) is 5.75. The number of aromatic carboxylic acids is 1. The fourth-order valence-electron chi connectivity index (χ4n) is 1.93. The van der Waals surface area contributed by atoms with Gasteiger partial charge in [0.25, 0.3) is 0 Å². The fraction of sp³-hybridized carbons (Fsp3) is 0.312. The Morgan fingerprint density at radius 2 is 2.09 bits per heavy atom. The lowest BCUT2D eigenvalue weighted by Gasteiger charge is -2.19. The van der Waals surface area contributed by atoms with Crippen LogP contribution in [0.4, 0.5) is 10.5 Å². The van der Waals surface area contributed by atoms with Gasteiger partial charge in [-0.3, -0.25) is 10.00 Å². The molecule has 0 aliphatic heterocycles. The molecule has 0 aliphatic rings. The summed E-state index contributed by atoms with van der Waals surface area (Å²) in [6, 6.07) is 6.62. The molecular formula is C16H19N3O4. The number of nitrogens with one attached hydrogen (secondary N) is 1. The van der Waals surface area contributed by atoms with Crippen molar-refractivity contribution < 1.29 is 19.4 Å². The molecule has 0 aliphatic carbocycles. The van der Waals surface area contributed by atoms with Crippen molar-refractivity contribution >= 4 is 17.7 Å². The molecule has 1 aromatic heterocycles. The second-order valence-corrected chi connectivity index (χ2v) is 6.06. The first-order valence-corrected chi connectivity index (χ1v) is 7.07. The predicted molar refractivity (Wildman–Crippen MR) is 84.6 cm³/mol. The molecule has 2 N–H and O–H groups in total. The molecule has 1 aromatic carbocycles. The van der Waals surface area contributed by atoms with Gasteiger partial charge in [-0.1, -0.05) is 12.1 Å². The first-order valence-electron chi connectivity index (χ1n) is 7.07. The molecule has 0 saturated heterocycles. The van der Waals surface area contributed by atoms with Crippen molar-refractivity contribution in [3.63, 3.8) is 0 Å². The highest BCUT2D eigenvalue weighted by atomic mass is 16.6. The molecule has 23 heavy (non-hydrogen) atoms. The van der Waals surface area contributed by atoms with E-state index in [2.05, 4.69) is 10.4 Å². The van der Waals surface area contributed by atoms with Crippen LogP contribution in [-0.4, -0.2) is 32.6 Å². The zero-order valence-electron chi connectivity index (χ0n) is 13.2. The highest BCUT2D eigenvalue weighted by Gasteiger charge is 2.16. The summed E-state index contributed by atoms with van der Waals surface area (Å²) in [5.41, 5.74) is 0.962. The van der Waals surface area contributed by atoms with Gasteiger partial charge < -0.3 is 9.84 Å². The highest BCUT2D eigenvalue weighted by molar-refractivity contribution is 5.87. The molecule has 0 saturated carbocycles. The molecule has 7 heteroatoms. The number of carboxylic acids is 1. The van der Waals surface area contributed by atoms with Crippen molar-refractivity contribution in [3.8, 4) is 0 Å². The Hall–Kier alpha value is -2.83. The van der Waals surface area contributed by atoms with Crippen molar-refractivity contribution in [2.24, 2.45) is 0 Å². The molecule has 1 amide bonds. The average Bonchev–Trinajstić information content (AvgIpc) is 2.83. The van der Waals surface area contributed by atoms with E-state index in [1.807, 2.05) is 6.07 Å². The summed E-state index contributed by atoms with van der Waals surface area (Å²) < 4.78 is 6.76. The number of amides is 1. The Bertz CT molecular complexity index is 716. The maximum absolute atomic E-state index is 11.7. The average molecular weight is 317 g/mol. The van der Waals surface area contributed by atoms with Crippen LogP contribution in [0.25, 0.3) is 0 Å². The van der Waals surface area contributed by atoms with Crippen molar-refractivity contribution in [2.75, 3.05) is 5.32 Å². The highest BCUT2D eigenvalue weighted by Crippen LogP contribution is 2.12. The van der Waals surface area contributed by atoms with Crippen molar-refractivity contribution in [3.05, 3.63) is 47.8 Å². The largest absolute Gasteiger partial charge is 0.478 e. The van der Waals surface area contributed by atoms with E-state index in [0.717, 1.165) is 5.56 Å². The summed E-state index contributed by atoms with van der Waals surface area (Å²) in [5, 5.41) is 15.7. The van der Waals surface area contributed by atoms with Crippen LogP contribution in [-0.2, 0) is 11.3 Å². The molecule has 0 unspecified atom stereocenters. The number of carbonyl (C=O) groups is 2. The van der Waals surface area contributed by atoms with Gasteiger partial charge in [0.15, 0.2) is 0 Å². The molecule has 122 valence electrons. The third kappa shape index (κ3) is 5.14. The Morgan fingerprint density at radius 1 is 1.35 bits per heavy atom. The first kappa shape index (κ1) is 16.5. The maximum Gasteiger partial charge on any atom is 0.412 e. The lowest BCUT2D eigenvalue weighted by Crippen LogP contribution is -2.27. The zero-order valence-corrected chi connectivity index (χ0v) is 13.2. The number of anilines is 1. The van der Waals surface area contributed by atoms with Gasteiger partial charge in [-0.25, -0.2) is 9.59 Å². The van der Waals surface area contributed by atoms with Gasteiger partial charge in [-0.05, 0) is 38.5 Å². The molecule has 0 radical (unpaired) electrons. The number of ether oxygens (including phenoxy) is 1. The molecule has 7 nitrogen and oxygen atoms in total. The smallest absolute Gasteiger partial charge is 0.412 e. The van der Waals surface area contributed by atoms with E-state index in [0.29, 0.717) is 12.2 Å². The van der Waals surface area contributed by atoms with E-state index >= 15 is 0 Å². The fourth-order valence-corrected chi connectivity index (χ4v) is 1.93. The molecular weight excluding hydrogens is 298 g/mol. The number of benzene rings is 1. The first-order chi connectivity index (χ1) is 10.7. The second kappa shape index (κ2) is 6.51. The molecule has 0 bridgehead atoms. The van der Waals surface area contributed by atoms with E-state index in [-0.39, 0.29) is 5.56 Å². The summed E-state index contributed by atoms with van der Waals surface area (Å²) >= 11 is 0. The molecule has 1 heterocycles. The summed E-state index contributed by atoms with van der Waals surface area (Å²) in [7, 11) is 0. The Balaban J connectivity index is 2.01. The van der Waals surface area contributed by atoms with Crippen molar-refractivity contribution in [2.45, 2.75) is 32.9 Å². The number of hydrogen-bond acceptors (Lipinski definition) is 4. The third-order valence-electron chi connectivity index (χ3n) is 2.80. The quantitative estimate of drug-likeness (QED) is 0.904. The minimum Gasteiger partial charge on any atom is -0.478 e. The molecule has 2 rings (SSSR count). The van der Waals surface area contributed by atoms with E-state index in [4.69, 9.17) is 9.84 Å². The Kier molecular flexibility index (Phi) is 4.68. The molecule has 0 spiro atoms. The summed E-state index contributed by atoms with van der Waals surface area (Å²) in [6.07, 6.45) is 2.60. The number of nitrogens with zero attached hydrogens (tertiary/aromatic N) is 2. The number of hydrogen-bond donors (Lipinski definition) is 2. The topological polar surface area (TPSA) is 93.5 Å². The van der Waals surface area contributed by atoms with E-state index < -0.39 is 17.7 Å². The number of aromatic nitrogens is 2. The second-order valence-electron chi connectivity index (χ2n) is 6.06. The Morgan fingerprint density at radius 3 is 2.74 bits per heavy atom. The van der Waals surface area contributed by atoms with Crippen LogP contribution in [0.5, 0.6) is 0 Å².